The summed E-state index contributed by atoms with van der Waals surface area (Å²) in [6, 6.07) is 17.3. The van der Waals surface area contributed by atoms with E-state index in [4.69, 9.17) is 10.00 Å². The average Bonchev–Trinajstić information content (AvgIpc) is 2.52. The lowest BCUT2D eigenvalue weighted by Gasteiger charge is -2.07. The minimum absolute atomic E-state index is 0.220. The van der Waals surface area contributed by atoms with Crippen LogP contribution in [0, 0.1) is 24.1 Å². The van der Waals surface area contributed by atoms with Crippen LogP contribution in [0.1, 0.15) is 24.0 Å². The molecule has 0 aromatic heterocycles. The van der Waals surface area contributed by atoms with Gasteiger partial charge in [-0.2, -0.15) is 5.26 Å². The quantitative estimate of drug-likeness (QED) is 0.805. The molecule has 0 saturated heterocycles. The van der Waals surface area contributed by atoms with Gasteiger partial charge in [0.25, 0.3) is 0 Å². The van der Waals surface area contributed by atoms with Crippen molar-refractivity contribution in [3.05, 3.63) is 71.5 Å². The molecular formula is C18H18FNO2. The van der Waals surface area contributed by atoms with Gasteiger partial charge in [0.15, 0.2) is 5.92 Å². The summed E-state index contributed by atoms with van der Waals surface area (Å²) < 4.78 is 17.3. The van der Waals surface area contributed by atoms with E-state index in [0.29, 0.717) is 5.56 Å². The van der Waals surface area contributed by atoms with E-state index in [0.717, 1.165) is 0 Å². The molecule has 3 nitrogen and oxygen atoms in total. The summed E-state index contributed by atoms with van der Waals surface area (Å²) in [7, 11) is 0. The second kappa shape index (κ2) is 9.30. The zero-order valence-electron chi connectivity index (χ0n) is 12.6. The van der Waals surface area contributed by atoms with Gasteiger partial charge in [-0.3, -0.25) is 4.79 Å². The lowest BCUT2D eigenvalue weighted by molar-refractivity contribution is -0.143. The summed E-state index contributed by atoms with van der Waals surface area (Å²) in [4.78, 5) is 11.3. The average molecular weight is 299 g/mol. The maximum Gasteiger partial charge on any atom is 0.327 e. The van der Waals surface area contributed by atoms with Crippen molar-refractivity contribution >= 4 is 5.97 Å². The number of esters is 1. The van der Waals surface area contributed by atoms with E-state index >= 15 is 0 Å². The van der Waals surface area contributed by atoms with E-state index in [1.807, 2.05) is 24.3 Å². The van der Waals surface area contributed by atoms with Crippen molar-refractivity contribution in [1.82, 2.24) is 0 Å². The van der Waals surface area contributed by atoms with Crippen LogP contribution >= 0.6 is 0 Å². The molecule has 1 atom stereocenters. The minimum atomic E-state index is -0.981. The molecule has 0 aliphatic carbocycles. The maximum absolute atomic E-state index is 12.6. The number of halogens is 1. The number of hydrogen-bond donors (Lipinski definition) is 0. The van der Waals surface area contributed by atoms with E-state index in [9.17, 15) is 9.18 Å². The number of rotatable bonds is 3. The molecule has 0 amide bonds. The Hall–Kier alpha value is -2.67. The molecule has 2 aromatic carbocycles. The number of ether oxygens (including phenoxy) is 1. The summed E-state index contributed by atoms with van der Waals surface area (Å²) in [6.45, 7) is 3.97. The van der Waals surface area contributed by atoms with Crippen LogP contribution in [0.5, 0.6) is 0 Å². The molecule has 2 aromatic rings. The van der Waals surface area contributed by atoms with Crippen LogP contribution in [-0.4, -0.2) is 12.6 Å². The smallest absolute Gasteiger partial charge is 0.327 e. The number of hydrogen-bond acceptors (Lipinski definition) is 3. The molecule has 4 heteroatoms. The number of carbonyl (C=O) groups is 1. The van der Waals surface area contributed by atoms with Crippen LogP contribution in [-0.2, 0) is 9.53 Å². The van der Waals surface area contributed by atoms with Gasteiger partial charge >= 0.3 is 5.97 Å². The highest BCUT2D eigenvalue weighted by atomic mass is 19.1. The Bertz CT molecular complexity index is 618. The Morgan fingerprint density at radius 3 is 2.18 bits per heavy atom. The highest BCUT2D eigenvalue weighted by Crippen LogP contribution is 2.17. The summed E-state index contributed by atoms with van der Waals surface area (Å²) in [5, 5.41) is 8.80. The zero-order chi connectivity index (χ0) is 16.4. The Labute approximate surface area is 130 Å². The molecular weight excluding hydrogens is 281 g/mol. The molecule has 0 heterocycles. The number of benzene rings is 2. The highest BCUT2D eigenvalue weighted by molar-refractivity contribution is 5.81. The molecule has 22 heavy (non-hydrogen) atoms. The molecule has 0 radical (unpaired) electrons. The van der Waals surface area contributed by atoms with Crippen LogP contribution in [0.2, 0.25) is 0 Å². The SMILES string of the molecule is CCOC(=O)C(C#N)c1ccc(F)cc1.Cc1ccccc1. The third-order valence-corrected chi connectivity index (χ3v) is 2.80. The van der Waals surface area contributed by atoms with E-state index in [-0.39, 0.29) is 6.61 Å². The van der Waals surface area contributed by atoms with Crippen molar-refractivity contribution in [2.45, 2.75) is 19.8 Å². The zero-order valence-corrected chi connectivity index (χ0v) is 12.6. The number of carbonyl (C=O) groups excluding carboxylic acids is 1. The van der Waals surface area contributed by atoms with Crippen LogP contribution < -0.4 is 0 Å². The monoisotopic (exact) mass is 299 g/mol. The van der Waals surface area contributed by atoms with Crippen LogP contribution in [0.4, 0.5) is 4.39 Å². The molecule has 0 saturated carbocycles. The van der Waals surface area contributed by atoms with E-state index < -0.39 is 17.7 Å². The topological polar surface area (TPSA) is 50.1 Å². The third kappa shape index (κ3) is 5.76. The normalized spacial score (nSPS) is 10.6. The number of nitriles is 1. The number of nitrogens with zero attached hydrogens (tertiary/aromatic N) is 1. The lowest BCUT2D eigenvalue weighted by atomic mass is 10.0. The van der Waals surface area contributed by atoms with Gasteiger partial charge in [-0.05, 0) is 31.5 Å². The van der Waals surface area contributed by atoms with Crippen molar-refractivity contribution in [1.29, 1.82) is 5.26 Å². The van der Waals surface area contributed by atoms with Crippen LogP contribution in [0.3, 0.4) is 0 Å². The Balaban J connectivity index is 0.000000287. The van der Waals surface area contributed by atoms with Crippen molar-refractivity contribution in [3.63, 3.8) is 0 Å². The molecule has 1 unspecified atom stereocenters. The van der Waals surface area contributed by atoms with Gasteiger partial charge in [0.1, 0.15) is 5.82 Å². The first kappa shape index (κ1) is 17.4. The second-order valence-corrected chi connectivity index (χ2v) is 4.52. The van der Waals surface area contributed by atoms with Crippen molar-refractivity contribution < 1.29 is 13.9 Å². The molecule has 2 rings (SSSR count). The van der Waals surface area contributed by atoms with Crippen LogP contribution in [0.15, 0.2) is 54.6 Å². The van der Waals surface area contributed by atoms with E-state index in [1.165, 1.54) is 29.8 Å². The standard InChI is InChI=1S/C11H10FNO2.C7H8/c1-2-15-11(14)10(7-13)8-3-5-9(12)6-4-8;1-7-5-3-2-4-6-7/h3-6,10H,2H2,1H3;2-6H,1H3. The number of aryl methyl sites for hydroxylation is 1. The fourth-order valence-electron chi connectivity index (χ4n) is 1.68. The summed E-state index contributed by atoms with van der Waals surface area (Å²) in [5.74, 6) is -1.99. The Kier molecular flexibility index (Phi) is 7.35. The predicted octanol–water partition coefficient (Wildman–Crippen LogP) is 3.99. The van der Waals surface area contributed by atoms with Gasteiger partial charge in [0, 0.05) is 0 Å². The van der Waals surface area contributed by atoms with E-state index in [2.05, 4.69) is 19.1 Å². The van der Waals surface area contributed by atoms with Crippen molar-refractivity contribution in [3.8, 4) is 6.07 Å². The van der Waals surface area contributed by atoms with Crippen molar-refractivity contribution in [2.24, 2.45) is 0 Å². The minimum Gasteiger partial charge on any atom is -0.465 e. The fraction of sp³-hybridized carbons (Fsp3) is 0.222. The third-order valence-electron chi connectivity index (χ3n) is 2.80. The van der Waals surface area contributed by atoms with Gasteiger partial charge in [-0.15, -0.1) is 0 Å². The van der Waals surface area contributed by atoms with Crippen molar-refractivity contribution in [2.75, 3.05) is 6.61 Å². The van der Waals surface area contributed by atoms with Gasteiger partial charge in [0.05, 0.1) is 12.7 Å². The first-order chi connectivity index (χ1) is 10.6. The first-order valence-electron chi connectivity index (χ1n) is 6.91. The molecule has 0 bridgehead atoms. The lowest BCUT2D eigenvalue weighted by Crippen LogP contribution is -2.14. The second-order valence-electron chi connectivity index (χ2n) is 4.52. The van der Waals surface area contributed by atoms with E-state index in [1.54, 1.807) is 6.92 Å². The van der Waals surface area contributed by atoms with Gasteiger partial charge < -0.3 is 4.74 Å². The summed E-state index contributed by atoms with van der Waals surface area (Å²) in [6.07, 6.45) is 0. The molecule has 0 aliphatic heterocycles. The molecule has 0 spiro atoms. The highest BCUT2D eigenvalue weighted by Gasteiger charge is 2.21. The molecule has 0 N–H and O–H groups in total. The van der Waals surface area contributed by atoms with Crippen LogP contribution in [0.25, 0.3) is 0 Å². The largest absolute Gasteiger partial charge is 0.465 e. The maximum atomic E-state index is 12.6. The summed E-state index contributed by atoms with van der Waals surface area (Å²) >= 11 is 0. The Morgan fingerprint density at radius 1 is 1.18 bits per heavy atom. The Morgan fingerprint density at radius 2 is 1.77 bits per heavy atom. The summed E-state index contributed by atoms with van der Waals surface area (Å²) in [5.41, 5.74) is 1.76. The molecule has 0 aliphatic rings. The first-order valence-corrected chi connectivity index (χ1v) is 6.91. The van der Waals surface area contributed by atoms with Gasteiger partial charge in [-0.25, -0.2) is 4.39 Å². The van der Waals surface area contributed by atoms with Gasteiger partial charge in [0.2, 0.25) is 0 Å². The molecule has 0 fully saturated rings. The fourth-order valence-corrected chi connectivity index (χ4v) is 1.68. The molecule has 114 valence electrons. The predicted molar refractivity (Wildman–Crippen MR) is 82.6 cm³/mol. The van der Waals surface area contributed by atoms with Gasteiger partial charge in [-0.1, -0.05) is 48.0 Å².